The summed E-state index contributed by atoms with van der Waals surface area (Å²) in [4.78, 5) is 23.9. The lowest BCUT2D eigenvalue weighted by atomic mass is 9.96. The van der Waals surface area contributed by atoms with Gasteiger partial charge in [-0.15, -0.1) is 0 Å². The number of carbonyl (C=O) groups is 2. The average molecular weight is 572 g/mol. The van der Waals surface area contributed by atoms with Gasteiger partial charge in [-0.25, -0.2) is 0 Å². The second-order valence-electron chi connectivity index (χ2n) is 10.9. The molecule has 0 spiro atoms. The third-order valence-corrected chi connectivity index (χ3v) is 6.49. The minimum Gasteiger partial charge on any atom is -0.496 e. The van der Waals surface area contributed by atoms with Crippen molar-refractivity contribution in [3.8, 4) is 5.75 Å². The molecule has 2 aromatic carbocycles. The number of carbonyl (C=O) groups excluding carboxylic acids is 2. The van der Waals surface area contributed by atoms with E-state index in [0.717, 1.165) is 42.7 Å². The molecule has 8 heteroatoms. The molecule has 230 valence electrons. The number of methoxy groups -OCH3 is 2. The van der Waals surface area contributed by atoms with E-state index in [1.165, 1.54) is 18.4 Å². The predicted octanol–water partition coefficient (Wildman–Crippen LogP) is 5.06. The van der Waals surface area contributed by atoms with Gasteiger partial charge in [0.25, 0.3) is 5.91 Å². The zero-order valence-electron chi connectivity index (χ0n) is 26.1. The molecule has 0 heterocycles. The number of ether oxygens (including phenoxy) is 3. The molecule has 0 bridgehead atoms. The Morgan fingerprint density at radius 3 is 2.20 bits per heavy atom. The zero-order chi connectivity index (χ0) is 30.5. The number of nitrogens with one attached hydrogen (secondary N) is 2. The molecule has 0 fully saturated rings. The molecule has 41 heavy (non-hydrogen) atoms. The Morgan fingerprint density at radius 2 is 1.61 bits per heavy atom. The van der Waals surface area contributed by atoms with Crippen molar-refractivity contribution in [2.24, 2.45) is 11.1 Å². The van der Waals surface area contributed by atoms with Crippen LogP contribution in [0.1, 0.15) is 80.4 Å². The van der Waals surface area contributed by atoms with E-state index in [0.29, 0.717) is 44.8 Å². The minimum atomic E-state index is -0.135. The Balaban J connectivity index is 0.000000915. The van der Waals surface area contributed by atoms with Gasteiger partial charge in [0.05, 0.1) is 26.9 Å². The normalized spacial score (nSPS) is 10.9. The molecular weight excluding hydrogens is 518 g/mol. The lowest BCUT2D eigenvalue weighted by molar-refractivity contribution is -0.121. The molecule has 4 N–H and O–H groups in total. The van der Waals surface area contributed by atoms with Crippen LogP contribution in [0.25, 0.3) is 0 Å². The highest BCUT2D eigenvalue weighted by Crippen LogP contribution is 2.22. The molecule has 0 radical (unpaired) electrons. The van der Waals surface area contributed by atoms with Crippen molar-refractivity contribution >= 4 is 11.8 Å². The van der Waals surface area contributed by atoms with Gasteiger partial charge in [0.15, 0.2) is 0 Å². The summed E-state index contributed by atoms with van der Waals surface area (Å²) in [6.45, 7) is 11.7. The van der Waals surface area contributed by atoms with E-state index in [1.807, 2.05) is 19.1 Å². The first-order chi connectivity index (χ1) is 19.7. The van der Waals surface area contributed by atoms with Gasteiger partial charge in [-0.05, 0) is 67.1 Å². The number of hydrogen-bond acceptors (Lipinski definition) is 6. The van der Waals surface area contributed by atoms with E-state index in [2.05, 4.69) is 49.6 Å². The van der Waals surface area contributed by atoms with Crippen LogP contribution in [0.3, 0.4) is 0 Å². The maximum atomic E-state index is 12.3. The van der Waals surface area contributed by atoms with Crippen molar-refractivity contribution in [1.82, 2.24) is 10.6 Å². The van der Waals surface area contributed by atoms with Gasteiger partial charge < -0.3 is 30.6 Å². The largest absolute Gasteiger partial charge is 0.496 e. The molecule has 2 aromatic rings. The summed E-state index contributed by atoms with van der Waals surface area (Å²) in [5.74, 6) is 0.820. The van der Waals surface area contributed by atoms with E-state index >= 15 is 0 Å². The Hall–Kier alpha value is -2.94. The maximum absolute atomic E-state index is 12.3. The lowest BCUT2D eigenvalue weighted by Gasteiger charge is -2.20. The number of nitrogens with two attached hydrogens (primary N) is 1. The first kappa shape index (κ1) is 36.1. The molecule has 0 aliphatic rings. The van der Waals surface area contributed by atoms with Crippen molar-refractivity contribution < 1.29 is 23.8 Å². The van der Waals surface area contributed by atoms with Crippen molar-refractivity contribution in [3.63, 3.8) is 0 Å². The van der Waals surface area contributed by atoms with Gasteiger partial charge in [0.2, 0.25) is 5.91 Å². The van der Waals surface area contributed by atoms with Gasteiger partial charge in [-0.1, -0.05) is 58.4 Å². The molecule has 2 rings (SSSR count). The quantitative estimate of drug-likeness (QED) is 0.216. The number of benzene rings is 2. The molecule has 8 nitrogen and oxygen atoms in total. The van der Waals surface area contributed by atoms with Crippen molar-refractivity contribution in [2.75, 3.05) is 47.1 Å². The standard InChI is InChI=1S/C27H38N2O4.C6H15NO/c1-4-6-8-21-9-12-23(25(19-21)32-3)15-17-33-18-16-28-27(31)24-13-10-22(11-14-24)20-29-26(30)7-5-2;1-6(2,4-7)5-8-3/h9-14,19H,4-8,15-18,20H2,1-3H3,(H,28,31)(H,29,30);4-5,7H2,1-3H3. The van der Waals surface area contributed by atoms with Crippen LogP contribution in [0, 0.1) is 5.41 Å². The number of amides is 2. The van der Waals surface area contributed by atoms with Gasteiger partial charge in [0.1, 0.15) is 5.75 Å². The van der Waals surface area contributed by atoms with Crippen LogP contribution in [0.2, 0.25) is 0 Å². The van der Waals surface area contributed by atoms with Crippen LogP contribution < -0.4 is 21.1 Å². The maximum Gasteiger partial charge on any atom is 0.251 e. The molecule has 0 saturated carbocycles. The van der Waals surface area contributed by atoms with Gasteiger partial charge in [-0.3, -0.25) is 9.59 Å². The van der Waals surface area contributed by atoms with Gasteiger partial charge in [-0.2, -0.15) is 0 Å². The molecule has 0 atom stereocenters. The first-order valence-electron chi connectivity index (χ1n) is 14.8. The molecule has 2 amide bonds. The highest BCUT2D eigenvalue weighted by molar-refractivity contribution is 5.94. The summed E-state index contributed by atoms with van der Waals surface area (Å²) in [5, 5.41) is 5.74. The molecule has 0 aliphatic heterocycles. The fraction of sp³-hybridized carbons (Fsp3) is 0.576. The summed E-state index contributed by atoms with van der Waals surface area (Å²) in [6, 6.07) is 13.7. The number of unbranched alkanes of at least 4 members (excludes halogenated alkanes) is 1. The van der Waals surface area contributed by atoms with E-state index in [4.69, 9.17) is 19.9 Å². The topological polar surface area (TPSA) is 112 Å². The van der Waals surface area contributed by atoms with E-state index < -0.39 is 0 Å². The van der Waals surface area contributed by atoms with Crippen LogP contribution in [-0.4, -0.2) is 58.9 Å². The Bertz CT molecular complexity index is 1010. The molecule has 0 unspecified atom stereocenters. The average Bonchev–Trinajstić information content (AvgIpc) is 2.97. The Morgan fingerprint density at radius 1 is 0.902 bits per heavy atom. The minimum absolute atomic E-state index is 0.0433. The number of hydrogen-bond donors (Lipinski definition) is 3. The summed E-state index contributed by atoms with van der Waals surface area (Å²) in [7, 11) is 3.39. The van der Waals surface area contributed by atoms with Crippen LogP contribution in [-0.2, 0) is 33.7 Å². The number of rotatable bonds is 18. The van der Waals surface area contributed by atoms with Gasteiger partial charge >= 0.3 is 0 Å². The Kier molecular flexibility index (Phi) is 18.4. The van der Waals surface area contributed by atoms with Crippen LogP contribution in [0.15, 0.2) is 42.5 Å². The summed E-state index contributed by atoms with van der Waals surface area (Å²) in [5.41, 5.74) is 9.55. The van der Waals surface area contributed by atoms with E-state index in [9.17, 15) is 9.59 Å². The fourth-order valence-electron chi connectivity index (χ4n) is 3.89. The molecule has 0 aliphatic carbocycles. The van der Waals surface area contributed by atoms with Crippen molar-refractivity contribution in [2.45, 2.75) is 72.8 Å². The lowest BCUT2D eigenvalue weighted by Crippen LogP contribution is -2.28. The second kappa shape index (κ2) is 20.9. The van der Waals surface area contributed by atoms with Crippen LogP contribution >= 0.6 is 0 Å². The highest BCUT2D eigenvalue weighted by atomic mass is 16.5. The third kappa shape index (κ3) is 15.6. The molecule has 0 saturated heterocycles. The van der Waals surface area contributed by atoms with Crippen molar-refractivity contribution in [1.29, 1.82) is 0 Å². The van der Waals surface area contributed by atoms with Crippen molar-refractivity contribution in [3.05, 3.63) is 64.7 Å². The summed E-state index contributed by atoms with van der Waals surface area (Å²) in [6.07, 6.45) is 5.55. The predicted molar refractivity (Wildman–Crippen MR) is 166 cm³/mol. The SMILES string of the molecule is CCCCc1ccc(CCOCCNC(=O)c2ccc(CNC(=O)CCC)cc2)c(OC)c1.COCC(C)(C)CN. The number of aryl methyl sites for hydroxylation is 1. The fourth-order valence-corrected chi connectivity index (χ4v) is 3.89. The van der Waals surface area contributed by atoms with E-state index in [1.54, 1.807) is 26.4 Å². The molecular formula is C33H53N3O5. The first-order valence-corrected chi connectivity index (χ1v) is 14.8. The van der Waals surface area contributed by atoms with Crippen LogP contribution in [0.4, 0.5) is 0 Å². The second-order valence-corrected chi connectivity index (χ2v) is 10.9. The van der Waals surface area contributed by atoms with Gasteiger partial charge in [0, 0.05) is 37.6 Å². The highest BCUT2D eigenvalue weighted by Gasteiger charge is 2.13. The van der Waals surface area contributed by atoms with E-state index in [-0.39, 0.29) is 17.2 Å². The smallest absolute Gasteiger partial charge is 0.251 e. The summed E-state index contributed by atoms with van der Waals surface area (Å²) >= 11 is 0. The van der Waals surface area contributed by atoms with Crippen LogP contribution in [0.5, 0.6) is 5.75 Å². The molecule has 0 aromatic heterocycles. The third-order valence-electron chi connectivity index (χ3n) is 6.49. The monoisotopic (exact) mass is 571 g/mol. The zero-order valence-corrected chi connectivity index (χ0v) is 26.1. The Labute approximate surface area is 247 Å². The summed E-state index contributed by atoms with van der Waals surface area (Å²) < 4.78 is 16.2.